The van der Waals surface area contributed by atoms with Gasteiger partial charge in [0, 0.05) is 5.69 Å². The average molecular weight is 351 g/mol. The quantitative estimate of drug-likeness (QED) is 0.663. The van der Waals surface area contributed by atoms with Crippen molar-refractivity contribution in [2.45, 2.75) is 64.8 Å². The van der Waals surface area contributed by atoms with Crippen molar-refractivity contribution in [2.24, 2.45) is 0 Å². The van der Waals surface area contributed by atoms with Crippen molar-refractivity contribution in [3.63, 3.8) is 0 Å². The van der Waals surface area contributed by atoms with Gasteiger partial charge in [-0.1, -0.05) is 51.1 Å². The number of nitrogens with one attached hydrogen (secondary N) is 2. The first-order valence-electron chi connectivity index (χ1n) is 9.89. The van der Waals surface area contributed by atoms with Crippen molar-refractivity contribution in [3.8, 4) is 0 Å². The zero-order valence-corrected chi connectivity index (χ0v) is 16.1. The topological polar surface area (TPSA) is 41.1 Å². The van der Waals surface area contributed by atoms with Gasteiger partial charge in [-0.3, -0.25) is 0 Å². The van der Waals surface area contributed by atoms with Crippen LogP contribution in [0.4, 0.5) is 10.5 Å². The van der Waals surface area contributed by atoms with Crippen molar-refractivity contribution in [1.82, 2.24) is 5.32 Å². The number of hydrogen-bond acceptors (Lipinski definition) is 1. The molecule has 3 nitrogen and oxygen atoms in total. The van der Waals surface area contributed by atoms with E-state index in [0.717, 1.165) is 36.9 Å². The van der Waals surface area contributed by atoms with Crippen molar-refractivity contribution in [3.05, 3.63) is 64.7 Å². The molecule has 0 aromatic heterocycles. The summed E-state index contributed by atoms with van der Waals surface area (Å²) in [6.07, 6.45) is 5.49. The molecule has 2 aromatic rings. The van der Waals surface area contributed by atoms with Crippen LogP contribution in [0, 0.1) is 0 Å². The normalized spacial score (nSPS) is 15.2. The van der Waals surface area contributed by atoms with Crippen LogP contribution in [0.3, 0.4) is 0 Å². The van der Waals surface area contributed by atoms with E-state index in [-0.39, 0.29) is 12.1 Å². The SMILES string of the molecule is CC[C@H](NC(=O)Nc1ccc2c(c1)CCC2)c1ccc([C@@H](C)CC)cc1. The maximum absolute atomic E-state index is 12.5. The van der Waals surface area contributed by atoms with Crippen LogP contribution < -0.4 is 10.6 Å². The molecule has 2 atom stereocenters. The summed E-state index contributed by atoms with van der Waals surface area (Å²) in [5.41, 5.74) is 6.18. The van der Waals surface area contributed by atoms with Gasteiger partial charge >= 0.3 is 6.03 Å². The van der Waals surface area contributed by atoms with E-state index in [1.54, 1.807) is 0 Å². The van der Waals surface area contributed by atoms with Gasteiger partial charge in [0.1, 0.15) is 0 Å². The first kappa shape index (κ1) is 18.5. The molecule has 1 aliphatic rings. The fourth-order valence-corrected chi connectivity index (χ4v) is 3.69. The molecule has 2 N–H and O–H groups in total. The third-order valence-corrected chi connectivity index (χ3v) is 5.59. The number of urea groups is 1. The Bertz CT molecular complexity index is 751. The largest absolute Gasteiger partial charge is 0.331 e. The molecule has 26 heavy (non-hydrogen) atoms. The van der Waals surface area contributed by atoms with Gasteiger partial charge in [-0.2, -0.15) is 0 Å². The predicted molar refractivity (Wildman–Crippen MR) is 109 cm³/mol. The molecule has 138 valence electrons. The smallest absolute Gasteiger partial charge is 0.319 e. The highest BCUT2D eigenvalue weighted by atomic mass is 16.2. The number of carbonyl (C=O) groups excluding carboxylic acids is 1. The molecule has 0 bridgehead atoms. The Hall–Kier alpha value is -2.29. The number of anilines is 1. The van der Waals surface area contributed by atoms with E-state index in [1.807, 2.05) is 6.07 Å². The van der Waals surface area contributed by atoms with Gasteiger partial charge in [0.25, 0.3) is 0 Å². The molecule has 0 unspecified atom stereocenters. The van der Waals surface area contributed by atoms with Crippen LogP contribution in [-0.2, 0) is 12.8 Å². The summed E-state index contributed by atoms with van der Waals surface area (Å²) in [4.78, 5) is 12.5. The summed E-state index contributed by atoms with van der Waals surface area (Å²) in [7, 11) is 0. The van der Waals surface area contributed by atoms with E-state index >= 15 is 0 Å². The molecule has 2 amide bonds. The van der Waals surface area contributed by atoms with Crippen LogP contribution in [0.1, 0.15) is 74.2 Å². The maximum Gasteiger partial charge on any atom is 0.319 e. The summed E-state index contributed by atoms with van der Waals surface area (Å²) in [6, 6.07) is 14.8. The fraction of sp³-hybridized carbons (Fsp3) is 0.435. The van der Waals surface area contributed by atoms with Gasteiger partial charge in [-0.25, -0.2) is 4.79 Å². The minimum absolute atomic E-state index is 0.0235. The number of benzene rings is 2. The Morgan fingerprint density at radius 1 is 0.962 bits per heavy atom. The molecule has 0 fully saturated rings. The van der Waals surface area contributed by atoms with E-state index in [9.17, 15) is 4.79 Å². The minimum atomic E-state index is -0.138. The van der Waals surface area contributed by atoms with Crippen LogP contribution in [0.5, 0.6) is 0 Å². The van der Waals surface area contributed by atoms with Crippen LogP contribution in [0.25, 0.3) is 0 Å². The second-order valence-electron chi connectivity index (χ2n) is 7.37. The van der Waals surface area contributed by atoms with Gasteiger partial charge in [0.2, 0.25) is 0 Å². The van der Waals surface area contributed by atoms with Crippen molar-refractivity contribution in [1.29, 1.82) is 0 Å². The zero-order valence-electron chi connectivity index (χ0n) is 16.1. The van der Waals surface area contributed by atoms with E-state index in [0.29, 0.717) is 5.92 Å². The highest BCUT2D eigenvalue weighted by Gasteiger charge is 2.15. The second kappa shape index (κ2) is 8.39. The van der Waals surface area contributed by atoms with Gasteiger partial charge in [-0.05, 0) is 72.4 Å². The lowest BCUT2D eigenvalue weighted by molar-refractivity contribution is 0.248. The Morgan fingerprint density at radius 2 is 1.65 bits per heavy atom. The lowest BCUT2D eigenvalue weighted by atomic mass is 9.95. The summed E-state index contributed by atoms with van der Waals surface area (Å²) in [5, 5.41) is 6.11. The molecule has 3 rings (SSSR count). The summed E-state index contributed by atoms with van der Waals surface area (Å²) in [6.45, 7) is 6.55. The van der Waals surface area contributed by atoms with Crippen LogP contribution in [-0.4, -0.2) is 6.03 Å². The highest BCUT2D eigenvalue weighted by Crippen LogP contribution is 2.25. The summed E-state index contributed by atoms with van der Waals surface area (Å²) < 4.78 is 0. The zero-order chi connectivity index (χ0) is 18.5. The first-order chi connectivity index (χ1) is 12.6. The average Bonchev–Trinajstić information content (AvgIpc) is 3.13. The van der Waals surface area contributed by atoms with E-state index < -0.39 is 0 Å². The van der Waals surface area contributed by atoms with Crippen LogP contribution in [0.2, 0.25) is 0 Å². The molecule has 1 aliphatic carbocycles. The van der Waals surface area contributed by atoms with Crippen LogP contribution >= 0.6 is 0 Å². The van der Waals surface area contributed by atoms with Gasteiger partial charge < -0.3 is 10.6 Å². The summed E-state index contributed by atoms with van der Waals surface area (Å²) in [5.74, 6) is 0.570. The Morgan fingerprint density at radius 3 is 2.35 bits per heavy atom. The molecule has 2 aromatic carbocycles. The predicted octanol–water partition coefficient (Wildman–Crippen LogP) is 5.96. The van der Waals surface area contributed by atoms with Crippen LogP contribution in [0.15, 0.2) is 42.5 Å². The number of fused-ring (bicyclic) bond motifs is 1. The molecule has 0 spiro atoms. The number of rotatable bonds is 6. The van der Waals surface area contributed by atoms with Gasteiger partial charge in [0.15, 0.2) is 0 Å². The van der Waals surface area contributed by atoms with Crippen molar-refractivity contribution >= 4 is 11.7 Å². The lowest BCUT2D eigenvalue weighted by Gasteiger charge is -2.19. The number of hydrogen-bond donors (Lipinski definition) is 2. The Labute approximate surface area is 157 Å². The van der Waals surface area contributed by atoms with Crippen molar-refractivity contribution in [2.75, 3.05) is 5.32 Å². The summed E-state index contributed by atoms with van der Waals surface area (Å²) >= 11 is 0. The van der Waals surface area contributed by atoms with E-state index in [4.69, 9.17) is 0 Å². The first-order valence-corrected chi connectivity index (χ1v) is 9.89. The third kappa shape index (κ3) is 4.27. The van der Waals surface area contributed by atoms with Gasteiger partial charge in [0.05, 0.1) is 6.04 Å². The number of carbonyl (C=O) groups is 1. The Balaban J connectivity index is 1.63. The highest BCUT2D eigenvalue weighted by molar-refractivity contribution is 5.89. The van der Waals surface area contributed by atoms with Crippen molar-refractivity contribution < 1.29 is 4.79 Å². The maximum atomic E-state index is 12.5. The number of amides is 2. The molecular formula is C23H30N2O. The molecule has 0 heterocycles. The minimum Gasteiger partial charge on any atom is -0.331 e. The molecule has 0 radical (unpaired) electrons. The molecule has 0 saturated carbocycles. The van der Waals surface area contributed by atoms with E-state index in [1.165, 1.54) is 23.1 Å². The monoisotopic (exact) mass is 350 g/mol. The second-order valence-corrected chi connectivity index (χ2v) is 7.37. The molecule has 3 heteroatoms. The molecular weight excluding hydrogens is 320 g/mol. The third-order valence-electron chi connectivity index (χ3n) is 5.59. The fourth-order valence-electron chi connectivity index (χ4n) is 3.69. The van der Waals surface area contributed by atoms with Gasteiger partial charge in [-0.15, -0.1) is 0 Å². The van der Waals surface area contributed by atoms with E-state index in [2.05, 4.69) is 67.8 Å². The standard InChI is InChI=1S/C23H30N2O/c1-4-16(3)17-9-11-19(12-10-17)22(5-2)25-23(26)24-21-14-13-18-7-6-8-20(18)15-21/h9-16,22H,4-8H2,1-3H3,(H2,24,25,26)/t16-,22-/m0/s1. The Kier molecular flexibility index (Phi) is 5.97. The number of aryl methyl sites for hydroxylation is 2. The molecule has 0 aliphatic heterocycles. The molecule has 0 saturated heterocycles. The lowest BCUT2D eigenvalue weighted by Crippen LogP contribution is -2.32.